The van der Waals surface area contributed by atoms with Gasteiger partial charge < -0.3 is 0 Å². The van der Waals surface area contributed by atoms with Gasteiger partial charge >= 0.3 is 0 Å². The highest BCUT2D eigenvalue weighted by molar-refractivity contribution is 5.34. The van der Waals surface area contributed by atoms with Crippen LogP contribution >= 0.6 is 0 Å². The molecule has 1 atom stereocenters. The average molecular weight is 133 g/mol. The van der Waals surface area contributed by atoms with Gasteiger partial charge in [-0.25, -0.2) is 10.9 Å². The summed E-state index contributed by atoms with van der Waals surface area (Å²) in [6.07, 6.45) is 11.4. The maximum atomic E-state index is 3.94. The molecule has 51 valence electrons. The third-order valence-corrected chi connectivity index (χ3v) is 1.73. The molecule has 1 unspecified atom stereocenters. The second kappa shape index (κ2) is 2.31. The second-order valence-electron chi connectivity index (χ2n) is 2.42. The zero-order valence-corrected chi connectivity index (χ0v) is 5.62. The highest BCUT2D eigenvalue weighted by Crippen LogP contribution is 2.14. The van der Waals surface area contributed by atoms with Gasteiger partial charge in [-0.15, -0.1) is 0 Å². The van der Waals surface area contributed by atoms with Gasteiger partial charge in [-0.3, -0.25) is 0 Å². The molecule has 2 aliphatic rings. The standard InChI is InChI=1S/C8H9N2/c1-2-4-8-7(3-1)5-6-9-10-8/h2-6,8,10H,1H2. The normalized spacial score (nSPS) is 28.8. The molecule has 1 aliphatic heterocycles. The molecule has 0 fully saturated rings. The zero-order chi connectivity index (χ0) is 6.81. The molecule has 2 rings (SSSR count). The summed E-state index contributed by atoms with van der Waals surface area (Å²) < 4.78 is 0. The van der Waals surface area contributed by atoms with E-state index < -0.39 is 0 Å². The highest BCUT2D eigenvalue weighted by Gasteiger charge is 2.12. The molecule has 1 heterocycles. The molecule has 0 saturated heterocycles. The lowest BCUT2D eigenvalue weighted by Gasteiger charge is -2.20. The first-order chi connectivity index (χ1) is 4.97. The summed E-state index contributed by atoms with van der Waals surface area (Å²) in [5.41, 5.74) is 8.27. The topological polar surface area (TPSA) is 26.1 Å². The van der Waals surface area contributed by atoms with Crippen LogP contribution < -0.4 is 10.9 Å². The number of hydrogen-bond acceptors (Lipinski definition) is 1. The van der Waals surface area contributed by atoms with Crippen molar-refractivity contribution in [2.45, 2.75) is 12.5 Å². The molecule has 10 heavy (non-hydrogen) atoms. The van der Waals surface area contributed by atoms with Crippen LogP contribution in [0.4, 0.5) is 0 Å². The van der Waals surface area contributed by atoms with Gasteiger partial charge in [0.25, 0.3) is 0 Å². The largest absolute Gasteiger partial charge is 0.210 e. The molecule has 0 aromatic heterocycles. The summed E-state index contributed by atoms with van der Waals surface area (Å²) >= 11 is 0. The molecule has 2 nitrogen and oxygen atoms in total. The summed E-state index contributed by atoms with van der Waals surface area (Å²) in [5.74, 6) is 0. The fourth-order valence-electron chi connectivity index (χ4n) is 1.19. The van der Waals surface area contributed by atoms with E-state index >= 15 is 0 Å². The van der Waals surface area contributed by atoms with E-state index in [1.807, 2.05) is 6.08 Å². The van der Waals surface area contributed by atoms with Crippen LogP contribution in [-0.2, 0) is 0 Å². The molecule has 1 aliphatic carbocycles. The minimum atomic E-state index is 0.332. The molecular formula is C8H9N2. The van der Waals surface area contributed by atoms with Crippen LogP contribution in [0, 0.1) is 0 Å². The Morgan fingerprint density at radius 1 is 1.60 bits per heavy atom. The minimum absolute atomic E-state index is 0.332. The third-order valence-electron chi connectivity index (χ3n) is 1.73. The smallest absolute Gasteiger partial charge is 0.0710 e. The first-order valence-corrected chi connectivity index (χ1v) is 3.45. The molecule has 0 bridgehead atoms. The van der Waals surface area contributed by atoms with E-state index in [4.69, 9.17) is 0 Å². The van der Waals surface area contributed by atoms with E-state index in [2.05, 4.69) is 29.1 Å². The number of nitrogens with one attached hydrogen (secondary N) is 1. The Hall–Kier alpha value is -1.02. The van der Waals surface area contributed by atoms with Crippen molar-refractivity contribution in [1.82, 2.24) is 10.9 Å². The van der Waals surface area contributed by atoms with Gasteiger partial charge in [-0.05, 0) is 18.1 Å². The van der Waals surface area contributed by atoms with E-state index in [0.29, 0.717) is 6.04 Å². The fourth-order valence-corrected chi connectivity index (χ4v) is 1.19. The predicted molar refractivity (Wildman–Crippen MR) is 40.0 cm³/mol. The lowest BCUT2D eigenvalue weighted by molar-refractivity contribution is 0.566. The third kappa shape index (κ3) is 0.866. The van der Waals surface area contributed by atoms with Gasteiger partial charge in [0.05, 0.1) is 6.04 Å². The summed E-state index contributed by atoms with van der Waals surface area (Å²) in [4.78, 5) is 0. The number of rotatable bonds is 0. The Labute approximate surface area is 60.3 Å². The molecule has 2 heteroatoms. The summed E-state index contributed by atoms with van der Waals surface area (Å²) in [6.45, 7) is 0. The van der Waals surface area contributed by atoms with Crippen LogP contribution in [0.2, 0.25) is 0 Å². The van der Waals surface area contributed by atoms with Crippen LogP contribution in [0.3, 0.4) is 0 Å². The Kier molecular flexibility index (Phi) is 1.32. The molecule has 0 amide bonds. The number of fused-ring (bicyclic) bond motifs is 1. The second-order valence-corrected chi connectivity index (χ2v) is 2.42. The molecule has 1 radical (unpaired) electrons. The van der Waals surface area contributed by atoms with Gasteiger partial charge in [0, 0.05) is 6.20 Å². The van der Waals surface area contributed by atoms with Crippen molar-refractivity contribution in [3.63, 3.8) is 0 Å². The van der Waals surface area contributed by atoms with Gasteiger partial charge in [0.2, 0.25) is 0 Å². The summed E-state index contributed by atoms with van der Waals surface area (Å²) in [6, 6.07) is 0.332. The van der Waals surface area contributed by atoms with E-state index in [1.54, 1.807) is 6.20 Å². The van der Waals surface area contributed by atoms with Gasteiger partial charge in [0.15, 0.2) is 0 Å². The zero-order valence-electron chi connectivity index (χ0n) is 5.62. The Balaban J connectivity index is 2.26. The fraction of sp³-hybridized carbons (Fsp3) is 0.250. The van der Waals surface area contributed by atoms with Crippen molar-refractivity contribution in [2.75, 3.05) is 0 Å². The van der Waals surface area contributed by atoms with Crippen LogP contribution in [-0.4, -0.2) is 6.04 Å². The maximum absolute atomic E-state index is 3.94. The van der Waals surface area contributed by atoms with E-state index in [0.717, 1.165) is 6.42 Å². The summed E-state index contributed by atoms with van der Waals surface area (Å²) in [5, 5.41) is 0. The molecule has 0 aromatic rings. The summed E-state index contributed by atoms with van der Waals surface area (Å²) in [7, 11) is 0. The number of hydrogen-bond donors (Lipinski definition) is 1. The predicted octanol–water partition coefficient (Wildman–Crippen LogP) is 0.878. The molecule has 0 spiro atoms. The Morgan fingerprint density at radius 3 is 3.50 bits per heavy atom. The molecular weight excluding hydrogens is 124 g/mol. The van der Waals surface area contributed by atoms with Crippen molar-refractivity contribution in [2.24, 2.45) is 0 Å². The first kappa shape index (κ1) is 5.74. The maximum Gasteiger partial charge on any atom is 0.0710 e. The Bertz CT molecular complexity index is 213. The van der Waals surface area contributed by atoms with E-state index in [-0.39, 0.29) is 0 Å². The van der Waals surface area contributed by atoms with Crippen LogP contribution in [0.25, 0.3) is 0 Å². The monoisotopic (exact) mass is 133 g/mol. The lowest BCUT2D eigenvalue weighted by Crippen LogP contribution is -2.36. The molecule has 0 aromatic carbocycles. The van der Waals surface area contributed by atoms with E-state index in [1.165, 1.54) is 5.57 Å². The Morgan fingerprint density at radius 2 is 2.60 bits per heavy atom. The van der Waals surface area contributed by atoms with Crippen molar-refractivity contribution < 1.29 is 0 Å². The van der Waals surface area contributed by atoms with Crippen LogP contribution in [0.1, 0.15) is 6.42 Å². The SMILES string of the molecule is C1=CC2N[N]C=CC2=CC1. The van der Waals surface area contributed by atoms with Crippen molar-refractivity contribution in [3.8, 4) is 0 Å². The molecule has 0 saturated carbocycles. The van der Waals surface area contributed by atoms with E-state index in [9.17, 15) is 0 Å². The van der Waals surface area contributed by atoms with Crippen LogP contribution in [0.15, 0.2) is 36.1 Å². The van der Waals surface area contributed by atoms with Crippen molar-refractivity contribution >= 4 is 0 Å². The minimum Gasteiger partial charge on any atom is -0.210 e. The first-order valence-electron chi connectivity index (χ1n) is 3.45. The average Bonchev–Trinajstić information content (AvgIpc) is 2.05. The number of nitrogens with zero attached hydrogens (tertiary/aromatic N) is 1. The van der Waals surface area contributed by atoms with Crippen molar-refractivity contribution in [3.05, 3.63) is 36.1 Å². The van der Waals surface area contributed by atoms with Gasteiger partial charge in [-0.2, -0.15) is 0 Å². The quantitative estimate of drug-likeness (QED) is 0.488. The van der Waals surface area contributed by atoms with Crippen molar-refractivity contribution in [1.29, 1.82) is 0 Å². The van der Waals surface area contributed by atoms with Gasteiger partial charge in [-0.1, -0.05) is 18.2 Å². The van der Waals surface area contributed by atoms with Crippen LogP contribution in [0.5, 0.6) is 0 Å². The highest BCUT2D eigenvalue weighted by atomic mass is 15.4. The molecule has 1 N–H and O–H groups in total. The lowest BCUT2D eigenvalue weighted by atomic mass is 10.0. The number of allylic oxidation sites excluding steroid dienone is 2. The van der Waals surface area contributed by atoms with Gasteiger partial charge in [0.1, 0.15) is 0 Å².